The molecule has 31 heavy (non-hydrogen) atoms. The first-order chi connectivity index (χ1) is 14.7. The molecule has 6 nitrogen and oxygen atoms in total. The van der Waals surface area contributed by atoms with Crippen LogP contribution in [0.15, 0.2) is 24.3 Å². The van der Waals surface area contributed by atoms with Crippen molar-refractivity contribution in [3.8, 4) is 5.75 Å². The summed E-state index contributed by atoms with van der Waals surface area (Å²) < 4.78 is 10.5. The van der Waals surface area contributed by atoms with Crippen LogP contribution in [0, 0.1) is 17.8 Å². The molecule has 172 valence electrons. The average Bonchev–Trinajstić information content (AvgIpc) is 3.33. The second-order valence-electron chi connectivity index (χ2n) is 9.74. The zero-order valence-electron chi connectivity index (χ0n) is 19.1. The molecule has 0 aliphatic heterocycles. The van der Waals surface area contributed by atoms with Gasteiger partial charge in [-0.25, -0.2) is 4.79 Å². The summed E-state index contributed by atoms with van der Waals surface area (Å²) >= 11 is 1.77. The number of ether oxygens (including phenoxy) is 2. The van der Waals surface area contributed by atoms with Gasteiger partial charge in [-0.3, -0.25) is 4.79 Å². The van der Waals surface area contributed by atoms with Gasteiger partial charge < -0.3 is 20.1 Å². The SMILES string of the molecule is COc1ccc(CNC(=O)[C@H](CSC[C@@H]2C[C@@H]3CCC2C3)NC(=O)OC(C)(C)C)cc1. The van der Waals surface area contributed by atoms with E-state index in [-0.39, 0.29) is 5.91 Å². The summed E-state index contributed by atoms with van der Waals surface area (Å²) in [4.78, 5) is 25.2. The van der Waals surface area contributed by atoms with Crippen LogP contribution >= 0.6 is 11.8 Å². The van der Waals surface area contributed by atoms with Crippen molar-refractivity contribution in [3.63, 3.8) is 0 Å². The Morgan fingerprint density at radius 1 is 1.16 bits per heavy atom. The van der Waals surface area contributed by atoms with Crippen LogP contribution in [0.25, 0.3) is 0 Å². The Bertz CT molecular complexity index is 747. The first kappa shape index (κ1) is 23.8. The van der Waals surface area contributed by atoms with Gasteiger partial charge >= 0.3 is 6.09 Å². The van der Waals surface area contributed by atoms with E-state index in [0.29, 0.717) is 12.3 Å². The number of hydrogen-bond acceptors (Lipinski definition) is 5. The highest BCUT2D eigenvalue weighted by atomic mass is 32.2. The van der Waals surface area contributed by atoms with Crippen LogP contribution in [0.5, 0.6) is 5.75 Å². The summed E-state index contributed by atoms with van der Waals surface area (Å²) in [6.07, 6.45) is 4.90. The van der Waals surface area contributed by atoms with Gasteiger partial charge in [0, 0.05) is 12.3 Å². The lowest BCUT2D eigenvalue weighted by atomic mass is 9.90. The molecule has 3 rings (SSSR count). The van der Waals surface area contributed by atoms with Crippen LogP contribution in [0.1, 0.15) is 52.0 Å². The standard InChI is InChI=1S/C24H36N2O4S/c1-24(2,3)30-23(28)26-21(15-31-14-19-12-17-5-8-18(19)11-17)22(27)25-13-16-6-9-20(29-4)10-7-16/h6-7,9-10,17-19,21H,5,8,11-15H2,1-4H3,(H,25,27)(H,26,28)/t17-,18?,19+,21+/m1/s1. The van der Waals surface area contributed by atoms with E-state index in [1.807, 2.05) is 45.0 Å². The van der Waals surface area contributed by atoms with Crippen molar-refractivity contribution in [2.45, 2.75) is 64.6 Å². The Balaban J connectivity index is 1.52. The number of benzene rings is 1. The number of nitrogens with one attached hydrogen (secondary N) is 2. The second kappa shape index (κ2) is 10.6. The van der Waals surface area contributed by atoms with Gasteiger partial charge in [-0.15, -0.1) is 0 Å². The molecule has 2 aliphatic rings. The normalized spacial score (nSPS) is 23.3. The smallest absolute Gasteiger partial charge is 0.408 e. The molecule has 2 amide bonds. The number of thioether (sulfide) groups is 1. The van der Waals surface area contributed by atoms with E-state index in [1.54, 1.807) is 18.9 Å². The molecule has 2 aliphatic carbocycles. The van der Waals surface area contributed by atoms with Gasteiger partial charge in [-0.05, 0) is 81.2 Å². The number of hydrogen-bond donors (Lipinski definition) is 2. The van der Waals surface area contributed by atoms with Crippen molar-refractivity contribution in [2.24, 2.45) is 17.8 Å². The molecule has 2 saturated carbocycles. The summed E-state index contributed by atoms with van der Waals surface area (Å²) in [6, 6.07) is 6.93. The van der Waals surface area contributed by atoms with Crippen LogP contribution in [0.4, 0.5) is 4.79 Å². The maximum atomic E-state index is 12.9. The lowest BCUT2D eigenvalue weighted by Gasteiger charge is -2.25. The highest BCUT2D eigenvalue weighted by Gasteiger charge is 2.39. The van der Waals surface area contributed by atoms with E-state index in [0.717, 1.165) is 34.8 Å². The third kappa shape index (κ3) is 7.34. The molecule has 2 N–H and O–H groups in total. The Labute approximate surface area is 190 Å². The van der Waals surface area contributed by atoms with E-state index < -0.39 is 17.7 Å². The van der Waals surface area contributed by atoms with E-state index in [4.69, 9.17) is 9.47 Å². The Morgan fingerprint density at radius 3 is 2.48 bits per heavy atom. The molecule has 1 aromatic rings. The predicted molar refractivity (Wildman–Crippen MR) is 124 cm³/mol. The summed E-state index contributed by atoms with van der Waals surface area (Å²) in [5.74, 6) is 4.71. The fraction of sp³-hybridized carbons (Fsp3) is 0.667. The topological polar surface area (TPSA) is 76.7 Å². The Morgan fingerprint density at radius 2 is 1.90 bits per heavy atom. The number of alkyl carbamates (subject to hydrolysis) is 1. The zero-order valence-corrected chi connectivity index (χ0v) is 19.9. The third-order valence-electron chi connectivity index (χ3n) is 6.13. The number of methoxy groups -OCH3 is 1. The van der Waals surface area contributed by atoms with Crippen LogP contribution in [0.2, 0.25) is 0 Å². The van der Waals surface area contributed by atoms with E-state index in [2.05, 4.69) is 10.6 Å². The van der Waals surface area contributed by atoms with E-state index in [9.17, 15) is 9.59 Å². The second-order valence-corrected chi connectivity index (χ2v) is 10.8. The molecular weight excluding hydrogens is 412 g/mol. The van der Waals surface area contributed by atoms with Gasteiger partial charge in [0.25, 0.3) is 0 Å². The summed E-state index contributed by atoms with van der Waals surface area (Å²) in [7, 11) is 1.62. The van der Waals surface area contributed by atoms with E-state index in [1.165, 1.54) is 25.7 Å². The van der Waals surface area contributed by atoms with Crippen molar-refractivity contribution in [2.75, 3.05) is 18.6 Å². The quantitative estimate of drug-likeness (QED) is 0.586. The van der Waals surface area contributed by atoms with Crippen molar-refractivity contribution in [3.05, 3.63) is 29.8 Å². The number of rotatable bonds is 9. The fourth-order valence-electron chi connectivity index (χ4n) is 4.61. The molecule has 1 unspecified atom stereocenters. The van der Waals surface area contributed by atoms with E-state index >= 15 is 0 Å². The number of amides is 2. The highest BCUT2D eigenvalue weighted by molar-refractivity contribution is 7.99. The maximum absolute atomic E-state index is 12.9. The van der Waals surface area contributed by atoms with Crippen molar-refractivity contribution >= 4 is 23.8 Å². The third-order valence-corrected chi connectivity index (χ3v) is 7.37. The fourth-order valence-corrected chi connectivity index (χ4v) is 5.92. The number of carbonyl (C=O) groups is 2. The molecule has 0 radical (unpaired) electrons. The number of fused-ring (bicyclic) bond motifs is 2. The van der Waals surface area contributed by atoms with Gasteiger partial charge in [0.2, 0.25) is 5.91 Å². The largest absolute Gasteiger partial charge is 0.497 e. The minimum atomic E-state index is -0.628. The molecule has 0 saturated heterocycles. The number of carbonyl (C=O) groups excluding carboxylic acids is 2. The monoisotopic (exact) mass is 448 g/mol. The Kier molecular flexibility index (Phi) is 8.14. The molecule has 2 fully saturated rings. The predicted octanol–water partition coefficient (Wildman–Crippen LogP) is 4.37. The summed E-state index contributed by atoms with van der Waals surface area (Å²) in [5, 5.41) is 5.72. The van der Waals surface area contributed by atoms with Gasteiger partial charge in [0.15, 0.2) is 0 Å². The van der Waals surface area contributed by atoms with Crippen LogP contribution in [-0.2, 0) is 16.1 Å². The first-order valence-electron chi connectivity index (χ1n) is 11.2. The van der Waals surface area contributed by atoms with Crippen molar-refractivity contribution < 1.29 is 19.1 Å². The first-order valence-corrected chi connectivity index (χ1v) is 12.4. The van der Waals surface area contributed by atoms with Crippen molar-refractivity contribution in [1.29, 1.82) is 0 Å². The molecule has 1 aromatic carbocycles. The minimum absolute atomic E-state index is 0.192. The van der Waals surface area contributed by atoms with Crippen LogP contribution < -0.4 is 15.4 Å². The summed E-state index contributed by atoms with van der Waals surface area (Å²) in [6.45, 7) is 5.84. The van der Waals surface area contributed by atoms with Gasteiger partial charge in [-0.2, -0.15) is 11.8 Å². The zero-order chi connectivity index (χ0) is 22.4. The maximum Gasteiger partial charge on any atom is 0.408 e. The molecular formula is C24H36N2O4S. The Hall–Kier alpha value is -1.89. The minimum Gasteiger partial charge on any atom is -0.497 e. The average molecular weight is 449 g/mol. The van der Waals surface area contributed by atoms with Crippen molar-refractivity contribution in [1.82, 2.24) is 10.6 Å². The molecule has 7 heteroatoms. The summed E-state index contributed by atoms with van der Waals surface area (Å²) in [5.41, 5.74) is 0.365. The highest BCUT2D eigenvalue weighted by Crippen LogP contribution is 2.49. The lowest BCUT2D eigenvalue weighted by Crippen LogP contribution is -2.49. The molecule has 0 aromatic heterocycles. The molecule has 2 bridgehead atoms. The van der Waals surface area contributed by atoms with Crippen LogP contribution in [0.3, 0.4) is 0 Å². The van der Waals surface area contributed by atoms with Gasteiger partial charge in [0.05, 0.1) is 7.11 Å². The molecule has 0 heterocycles. The van der Waals surface area contributed by atoms with Gasteiger partial charge in [-0.1, -0.05) is 18.6 Å². The van der Waals surface area contributed by atoms with Crippen LogP contribution in [-0.4, -0.2) is 42.3 Å². The lowest BCUT2D eigenvalue weighted by molar-refractivity contribution is -0.122. The molecule has 4 atom stereocenters. The van der Waals surface area contributed by atoms with Gasteiger partial charge in [0.1, 0.15) is 17.4 Å². The molecule has 0 spiro atoms.